The predicted molar refractivity (Wildman–Crippen MR) is 99.2 cm³/mol. The first-order valence-electron chi connectivity index (χ1n) is 9.87. The summed E-state index contributed by atoms with van der Waals surface area (Å²) in [5.74, 6) is 0.223. The number of ether oxygens (including phenoxy) is 1. The van der Waals surface area contributed by atoms with Gasteiger partial charge in [-0.3, -0.25) is 4.79 Å². The van der Waals surface area contributed by atoms with Gasteiger partial charge in [-0.05, 0) is 26.2 Å². The molecule has 0 aromatic rings. The molecule has 0 aliphatic carbocycles. The van der Waals surface area contributed by atoms with Crippen molar-refractivity contribution in [2.45, 2.75) is 104 Å². The molecule has 0 radical (unpaired) electrons. The minimum atomic E-state index is -0.113. The van der Waals surface area contributed by atoms with Crippen molar-refractivity contribution in [1.29, 1.82) is 0 Å². The second-order valence-electron chi connectivity index (χ2n) is 6.48. The summed E-state index contributed by atoms with van der Waals surface area (Å²) in [6, 6.07) is 0. The standard InChI is InChI=1S/C20H38O4/c1-3-5-6-7-9-12-15-18(21)19(22)16-13-10-8-11-14-17-20(23)24-4-2/h21-22H,3-17H2,1-2H3/b19-18-. The summed E-state index contributed by atoms with van der Waals surface area (Å²) < 4.78 is 4.88. The van der Waals surface area contributed by atoms with Gasteiger partial charge in [0.2, 0.25) is 0 Å². The van der Waals surface area contributed by atoms with Crippen molar-refractivity contribution in [2.24, 2.45) is 0 Å². The molecule has 0 amide bonds. The lowest BCUT2D eigenvalue weighted by molar-refractivity contribution is -0.143. The van der Waals surface area contributed by atoms with E-state index in [1.54, 1.807) is 0 Å². The van der Waals surface area contributed by atoms with Gasteiger partial charge in [-0.25, -0.2) is 0 Å². The predicted octanol–water partition coefficient (Wildman–Crippen LogP) is 6.36. The Kier molecular flexibility index (Phi) is 15.8. The van der Waals surface area contributed by atoms with Crippen LogP contribution in [-0.4, -0.2) is 22.8 Å². The van der Waals surface area contributed by atoms with Crippen LogP contribution >= 0.6 is 0 Å². The van der Waals surface area contributed by atoms with Crippen LogP contribution in [0.1, 0.15) is 104 Å². The molecule has 0 saturated heterocycles. The van der Waals surface area contributed by atoms with E-state index in [0.717, 1.165) is 44.9 Å². The van der Waals surface area contributed by atoms with Gasteiger partial charge in [0, 0.05) is 19.3 Å². The van der Waals surface area contributed by atoms with E-state index in [4.69, 9.17) is 4.74 Å². The molecule has 0 heterocycles. The maximum Gasteiger partial charge on any atom is 0.305 e. The Hall–Kier alpha value is -1.19. The molecule has 0 aliphatic rings. The Bertz CT molecular complexity index is 337. The van der Waals surface area contributed by atoms with Gasteiger partial charge < -0.3 is 14.9 Å². The molecular formula is C20H38O4. The number of esters is 1. The fourth-order valence-corrected chi connectivity index (χ4v) is 2.69. The van der Waals surface area contributed by atoms with Gasteiger partial charge in [-0.1, -0.05) is 58.3 Å². The normalized spacial score (nSPS) is 12.1. The summed E-state index contributed by atoms with van der Waals surface area (Å²) in [6.45, 7) is 4.47. The fraction of sp³-hybridized carbons (Fsp3) is 0.850. The lowest BCUT2D eigenvalue weighted by Gasteiger charge is -2.06. The summed E-state index contributed by atoms with van der Waals surface area (Å²) in [5, 5.41) is 19.7. The van der Waals surface area contributed by atoms with Gasteiger partial charge in [0.05, 0.1) is 6.61 Å². The van der Waals surface area contributed by atoms with Crippen LogP contribution in [0, 0.1) is 0 Å². The number of rotatable bonds is 16. The zero-order chi connectivity index (χ0) is 18.0. The molecule has 0 aliphatic heterocycles. The van der Waals surface area contributed by atoms with Gasteiger partial charge in [-0.2, -0.15) is 0 Å². The first-order chi connectivity index (χ1) is 11.6. The molecule has 0 fully saturated rings. The Morgan fingerprint density at radius 3 is 1.54 bits per heavy atom. The van der Waals surface area contributed by atoms with Crippen molar-refractivity contribution in [3.63, 3.8) is 0 Å². The molecule has 0 rings (SSSR count). The number of carbonyl (C=O) groups is 1. The maximum absolute atomic E-state index is 11.2. The molecule has 142 valence electrons. The molecular weight excluding hydrogens is 304 g/mol. The molecule has 0 atom stereocenters. The Morgan fingerprint density at radius 1 is 0.667 bits per heavy atom. The molecule has 0 aromatic heterocycles. The molecule has 0 aromatic carbocycles. The third-order valence-electron chi connectivity index (χ3n) is 4.20. The first kappa shape index (κ1) is 22.8. The third kappa shape index (κ3) is 14.4. The first-order valence-corrected chi connectivity index (χ1v) is 9.87. The highest BCUT2D eigenvalue weighted by atomic mass is 16.5. The molecule has 4 nitrogen and oxygen atoms in total. The Labute approximate surface area is 148 Å². The van der Waals surface area contributed by atoms with E-state index in [0.29, 0.717) is 25.9 Å². The minimum absolute atomic E-state index is 0.113. The van der Waals surface area contributed by atoms with E-state index in [1.807, 2.05) is 6.92 Å². The van der Waals surface area contributed by atoms with Crippen molar-refractivity contribution in [2.75, 3.05) is 6.61 Å². The number of aliphatic hydroxyl groups excluding tert-OH is 2. The number of hydrogen-bond acceptors (Lipinski definition) is 4. The average Bonchev–Trinajstić information content (AvgIpc) is 2.56. The van der Waals surface area contributed by atoms with Crippen LogP contribution in [0.3, 0.4) is 0 Å². The monoisotopic (exact) mass is 342 g/mol. The van der Waals surface area contributed by atoms with Gasteiger partial charge >= 0.3 is 5.97 Å². The van der Waals surface area contributed by atoms with Crippen molar-refractivity contribution >= 4 is 5.97 Å². The Morgan fingerprint density at radius 2 is 1.08 bits per heavy atom. The summed E-state index contributed by atoms with van der Waals surface area (Å²) >= 11 is 0. The SMILES string of the molecule is CCCCCCCC/C(O)=C(/O)CCCCCCCC(=O)OCC. The number of carbonyl (C=O) groups excluding carboxylic acids is 1. The zero-order valence-electron chi connectivity index (χ0n) is 15.8. The smallest absolute Gasteiger partial charge is 0.305 e. The molecule has 0 bridgehead atoms. The fourth-order valence-electron chi connectivity index (χ4n) is 2.69. The number of allylic oxidation sites excluding steroid dienone is 2. The average molecular weight is 343 g/mol. The molecule has 0 spiro atoms. The highest BCUT2D eigenvalue weighted by Crippen LogP contribution is 2.16. The van der Waals surface area contributed by atoms with Crippen LogP contribution in [0.25, 0.3) is 0 Å². The summed E-state index contributed by atoms with van der Waals surface area (Å²) in [4.78, 5) is 11.2. The summed E-state index contributed by atoms with van der Waals surface area (Å²) in [5.41, 5.74) is 0. The van der Waals surface area contributed by atoms with E-state index >= 15 is 0 Å². The number of hydrogen-bond donors (Lipinski definition) is 2. The van der Waals surface area contributed by atoms with E-state index in [1.165, 1.54) is 25.7 Å². The quantitative estimate of drug-likeness (QED) is 0.195. The van der Waals surface area contributed by atoms with E-state index < -0.39 is 0 Å². The highest BCUT2D eigenvalue weighted by molar-refractivity contribution is 5.69. The Balaban J connectivity index is 3.54. The second kappa shape index (κ2) is 16.7. The van der Waals surface area contributed by atoms with Crippen LogP contribution in [-0.2, 0) is 9.53 Å². The maximum atomic E-state index is 11.2. The van der Waals surface area contributed by atoms with Crippen molar-refractivity contribution in [3.8, 4) is 0 Å². The van der Waals surface area contributed by atoms with Gasteiger partial charge in [0.25, 0.3) is 0 Å². The third-order valence-corrected chi connectivity index (χ3v) is 4.20. The van der Waals surface area contributed by atoms with E-state index in [-0.39, 0.29) is 17.5 Å². The van der Waals surface area contributed by atoms with Crippen LogP contribution in [0.15, 0.2) is 11.5 Å². The van der Waals surface area contributed by atoms with Crippen molar-refractivity contribution in [3.05, 3.63) is 11.5 Å². The van der Waals surface area contributed by atoms with Crippen molar-refractivity contribution < 1.29 is 19.7 Å². The van der Waals surface area contributed by atoms with E-state index in [9.17, 15) is 15.0 Å². The lowest BCUT2D eigenvalue weighted by Crippen LogP contribution is -2.03. The number of unbranched alkanes of at least 4 members (excludes halogenated alkanes) is 9. The van der Waals surface area contributed by atoms with Crippen LogP contribution in [0.2, 0.25) is 0 Å². The minimum Gasteiger partial charge on any atom is -0.509 e. The van der Waals surface area contributed by atoms with Gasteiger partial charge in [0.1, 0.15) is 11.5 Å². The largest absolute Gasteiger partial charge is 0.509 e. The van der Waals surface area contributed by atoms with Gasteiger partial charge in [-0.15, -0.1) is 0 Å². The van der Waals surface area contributed by atoms with E-state index in [2.05, 4.69) is 6.92 Å². The highest BCUT2D eigenvalue weighted by Gasteiger charge is 2.04. The summed E-state index contributed by atoms with van der Waals surface area (Å²) in [7, 11) is 0. The van der Waals surface area contributed by atoms with Crippen LogP contribution in [0.4, 0.5) is 0 Å². The molecule has 0 unspecified atom stereocenters. The van der Waals surface area contributed by atoms with Gasteiger partial charge in [0.15, 0.2) is 0 Å². The molecule has 24 heavy (non-hydrogen) atoms. The van der Waals surface area contributed by atoms with Crippen molar-refractivity contribution in [1.82, 2.24) is 0 Å². The van der Waals surface area contributed by atoms with Crippen LogP contribution in [0.5, 0.6) is 0 Å². The topological polar surface area (TPSA) is 66.8 Å². The lowest BCUT2D eigenvalue weighted by atomic mass is 10.1. The number of aliphatic hydroxyl groups is 2. The van der Waals surface area contributed by atoms with Crippen LogP contribution < -0.4 is 0 Å². The summed E-state index contributed by atoms with van der Waals surface area (Å²) in [6.07, 6.45) is 13.5. The zero-order valence-corrected chi connectivity index (χ0v) is 15.8. The molecule has 4 heteroatoms. The molecule has 0 saturated carbocycles. The molecule has 2 N–H and O–H groups in total. The second-order valence-corrected chi connectivity index (χ2v) is 6.48.